The van der Waals surface area contributed by atoms with E-state index in [2.05, 4.69) is 27.0 Å². The molecule has 1 aromatic rings. The van der Waals surface area contributed by atoms with Gasteiger partial charge in [-0.3, -0.25) is 4.79 Å². The van der Waals surface area contributed by atoms with Crippen molar-refractivity contribution < 1.29 is 4.79 Å². The lowest BCUT2D eigenvalue weighted by atomic mass is 10.2. The highest BCUT2D eigenvalue weighted by Crippen LogP contribution is 2.45. The van der Waals surface area contributed by atoms with Gasteiger partial charge >= 0.3 is 0 Å². The zero-order chi connectivity index (χ0) is 14.7. The minimum atomic E-state index is 0.106. The largest absolute Gasteiger partial charge is 0.355 e. The van der Waals surface area contributed by atoms with E-state index >= 15 is 0 Å². The second-order valence-electron chi connectivity index (χ2n) is 6.06. The number of nitrogens with zero attached hydrogens (tertiary/aromatic N) is 3. The first-order valence-electron chi connectivity index (χ1n) is 8.14. The van der Waals surface area contributed by atoms with E-state index in [1.54, 1.807) is 0 Å². The van der Waals surface area contributed by atoms with Crippen molar-refractivity contribution in [3.05, 3.63) is 5.82 Å². The molecule has 1 heterocycles. The van der Waals surface area contributed by atoms with E-state index in [-0.39, 0.29) is 5.91 Å². The first kappa shape index (κ1) is 14.9. The molecule has 1 amide bonds. The van der Waals surface area contributed by atoms with Gasteiger partial charge in [-0.05, 0) is 32.1 Å². The molecule has 0 aromatic carbocycles. The maximum Gasteiger partial charge on any atom is 0.230 e. The summed E-state index contributed by atoms with van der Waals surface area (Å²) in [6, 6.07) is 0.589. The molecule has 2 aliphatic rings. The summed E-state index contributed by atoms with van der Waals surface area (Å²) < 4.78 is 2.30. The topological polar surface area (TPSA) is 59.8 Å². The lowest BCUT2D eigenvalue weighted by molar-refractivity contribution is -0.118. The molecule has 6 heteroatoms. The van der Waals surface area contributed by atoms with Crippen LogP contribution in [0.5, 0.6) is 0 Å². The Morgan fingerprint density at radius 1 is 1.29 bits per heavy atom. The lowest BCUT2D eigenvalue weighted by Crippen LogP contribution is -2.26. The van der Waals surface area contributed by atoms with Crippen LogP contribution in [0.3, 0.4) is 0 Å². The molecule has 0 spiro atoms. The first-order valence-corrected chi connectivity index (χ1v) is 9.12. The van der Waals surface area contributed by atoms with Crippen molar-refractivity contribution in [2.75, 3.05) is 12.3 Å². The number of hydrogen-bond donors (Lipinski definition) is 1. The lowest BCUT2D eigenvalue weighted by Gasteiger charge is -2.08. The number of carbonyl (C=O) groups excluding carboxylic acids is 1. The zero-order valence-corrected chi connectivity index (χ0v) is 13.5. The fourth-order valence-electron chi connectivity index (χ4n) is 2.47. The summed E-state index contributed by atoms with van der Waals surface area (Å²) in [6.45, 7) is 2.95. The van der Waals surface area contributed by atoms with Crippen molar-refractivity contribution in [3.8, 4) is 0 Å². The second-order valence-corrected chi connectivity index (χ2v) is 7.00. The average Bonchev–Trinajstić information content (AvgIpc) is 3.40. The molecular weight excluding hydrogens is 284 g/mol. The van der Waals surface area contributed by atoms with Gasteiger partial charge in [0.2, 0.25) is 5.91 Å². The van der Waals surface area contributed by atoms with E-state index in [4.69, 9.17) is 0 Å². The quantitative estimate of drug-likeness (QED) is 0.563. The molecule has 2 aliphatic carbocycles. The van der Waals surface area contributed by atoms with Crippen LogP contribution in [0.15, 0.2) is 5.16 Å². The summed E-state index contributed by atoms with van der Waals surface area (Å²) in [4.78, 5) is 11.8. The SMILES string of the molecule is CCCCCNC(=O)CSc1nnc(C2CC2)n1C1CC1. The molecular formula is C15H24N4OS. The third-order valence-corrected chi connectivity index (χ3v) is 4.92. The Bertz CT molecular complexity index is 494. The first-order chi connectivity index (χ1) is 10.3. The Morgan fingerprint density at radius 3 is 2.76 bits per heavy atom. The summed E-state index contributed by atoms with van der Waals surface area (Å²) in [5.41, 5.74) is 0. The van der Waals surface area contributed by atoms with Crippen LogP contribution in [0.4, 0.5) is 0 Å². The molecule has 2 saturated carbocycles. The monoisotopic (exact) mass is 308 g/mol. The van der Waals surface area contributed by atoms with E-state index in [1.807, 2.05) is 0 Å². The van der Waals surface area contributed by atoms with Gasteiger partial charge in [0.15, 0.2) is 5.16 Å². The number of nitrogens with one attached hydrogen (secondary N) is 1. The summed E-state index contributed by atoms with van der Waals surface area (Å²) in [6.07, 6.45) is 8.37. The van der Waals surface area contributed by atoms with Crippen LogP contribution in [0, 0.1) is 0 Å². The summed E-state index contributed by atoms with van der Waals surface area (Å²) in [5.74, 6) is 2.33. The van der Waals surface area contributed by atoms with Crippen LogP contribution < -0.4 is 5.32 Å². The van der Waals surface area contributed by atoms with Crippen LogP contribution >= 0.6 is 11.8 Å². The van der Waals surface area contributed by atoms with E-state index in [9.17, 15) is 4.79 Å². The molecule has 0 atom stereocenters. The Balaban J connectivity index is 1.50. The highest BCUT2D eigenvalue weighted by molar-refractivity contribution is 7.99. The van der Waals surface area contributed by atoms with Gasteiger partial charge in [0, 0.05) is 18.5 Å². The smallest absolute Gasteiger partial charge is 0.230 e. The van der Waals surface area contributed by atoms with Gasteiger partial charge in [-0.2, -0.15) is 0 Å². The van der Waals surface area contributed by atoms with Gasteiger partial charge < -0.3 is 9.88 Å². The predicted octanol–water partition coefficient (Wildman–Crippen LogP) is 2.89. The Hall–Kier alpha value is -1.04. The minimum Gasteiger partial charge on any atom is -0.355 e. The summed E-state index contributed by atoms with van der Waals surface area (Å²) in [5, 5.41) is 12.6. The van der Waals surface area contributed by atoms with Gasteiger partial charge in [-0.25, -0.2) is 0 Å². The van der Waals surface area contributed by atoms with Crippen molar-refractivity contribution in [3.63, 3.8) is 0 Å². The summed E-state index contributed by atoms with van der Waals surface area (Å²) in [7, 11) is 0. The number of unbranched alkanes of at least 4 members (excludes halogenated alkanes) is 2. The molecule has 3 rings (SSSR count). The number of thioether (sulfide) groups is 1. The fraction of sp³-hybridized carbons (Fsp3) is 0.800. The number of carbonyl (C=O) groups is 1. The van der Waals surface area contributed by atoms with E-state index < -0.39 is 0 Å². The maximum atomic E-state index is 11.8. The molecule has 1 aromatic heterocycles. The van der Waals surface area contributed by atoms with Crippen LogP contribution in [0.2, 0.25) is 0 Å². The number of amides is 1. The third-order valence-electron chi connectivity index (χ3n) is 3.98. The Morgan fingerprint density at radius 2 is 2.10 bits per heavy atom. The number of aromatic nitrogens is 3. The maximum absolute atomic E-state index is 11.8. The van der Waals surface area contributed by atoms with Crippen LogP contribution in [-0.2, 0) is 4.79 Å². The van der Waals surface area contributed by atoms with Gasteiger partial charge in [0.25, 0.3) is 0 Å². The molecule has 0 aliphatic heterocycles. The zero-order valence-electron chi connectivity index (χ0n) is 12.7. The van der Waals surface area contributed by atoms with Crippen LogP contribution in [0.25, 0.3) is 0 Å². The van der Waals surface area contributed by atoms with Gasteiger partial charge in [-0.1, -0.05) is 31.5 Å². The Kier molecular flexibility index (Phi) is 4.83. The van der Waals surface area contributed by atoms with Crippen molar-refractivity contribution in [1.82, 2.24) is 20.1 Å². The molecule has 0 bridgehead atoms. The van der Waals surface area contributed by atoms with Gasteiger partial charge in [-0.15, -0.1) is 10.2 Å². The van der Waals surface area contributed by atoms with Gasteiger partial charge in [0.1, 0.15) is 5.82 Å². The molecule has 2 fully saturated rings. The standard InChI is InChI=1S/C15H24N4OS/c1-2-3-4-9-16-13(20)10-21-15-18-17-14(11-5-6-11)19(15)12-7-8-12/h11-12H,2-10H2,1H3,(H,16,20). The van der Waals surface area contributed by atoms with Crippen LogP contribution in [0.1, 0.15) is 69.7 Å². The third kappa shape index (κ3) is 3.99. The average molecular weight is 308 g/mol. The molecule has 116 valence electrons. The second kappa shape index (κ2) is 6.81. The highest BCUT2D eigenvalue weighted by Gasteiger charge is 2.36. The molecule has 5 nitrogen and oxygen atoms in total. The van der Waals surface area contributed by atoms with E-state index in [0.717, 1.165) is 23.9 Å². The molecule has 0 unspecified atom stereocenters. The number of hydrogen-bond acceptors (Lipinski definition) is 4. The van der Waals surface area contributed by atoms with E-state index in [1.165, 1.54) is 50.3 Å². The van der Waals surface area contributed by atoms with Gasteiger partial charge in [0.05, 0.1) is 5.75 Å². The number of rotatable bonds is 9. The molecule has 0 saturated heterocycles. The molecule has 0 radical (unpaired) electrons. The highest BCUT2D eigenvalue weighted by atomic mass is 32.2. The van der Waals surface area contributed by atoms with E-state index in [0.29, 0.717) is 17.7 Å². The molecule has 1 N–H and O–H groups in total. The van der Waals surface area contributed by atoms with Crippen molar-refractivity contribution >= 4 is 17.7 Å². The van der Waals surface area contributed by atoms with Crippen LogP contribution in [-0.4, -0.2) is 33.0 Å². The molecule has 21 heavy (non-hydrogen) atoms. The predicted molar refractivity (Wildman–Crippen MR) is 83.5 cm³/mol. The summed E-state index contributed by atoms with van der Waals surface area (Å²) >= 11 is 1.53. The fourth-order valence-corrected chi connectivity index (χ4v) is 3.31. The minimum absolute atomic E-state index is 0.106. The normalized spacial score (nSPS) is 18.0. The van der Waals surface area contributed by atoms with Crippen molar-refractivity contribution in [1.29, 1.82) is 0 Å². The van der Waals surface area contributed by atoms with Crippen molar-refractivity contribution in [2.24, 2.45) is 0 Å². The van der Waals surface area contributed by atoms with Crippen molar-refractivity contribution in [2.45, 2.75) is 69.0 Å². The Labute approximate surface area is 130 Å².